The van der Waals surface area contributed by atoms with Crippen molar-refractivity contribution in [2.24, 2.45) is 5.10 Å². The predicted molar refractivity (Wildman–Crippen MR) is 101 cm³/mol. The summed E-state index contributed by atoms with van der Waals surface area (Å²) < 4.78 is 15.9. The van der Waals surface area contributed by atoms with Crippen LogP contribution in [0.25, 0.3) is 0 Å². The van der Waals surface area contributed by atoms with Gasteiger partial charge in [-0.15, -0.1) is 0 Å². The SMILES string of the molecule is COc1cc(C(C)=NNC(=O)CNc2ccccc2)cc(OC)c1OC. The van der Waals surface area contributed by atoms with Crippen molar-refractivity contribution in [1.29, 1.82) is 0 Å². The van der Waals surface area contributed by atoms with Crippen LogP contribution in [-0.4, -0.2) is 39.5 Å². The van der Waals surface area contributed by atoms with Gasteiger partial charge in [0, 0.05) is 11.3 Å². The number of amides is 1. The van der Waals surface area contributed by atoms with Crippen LogP contribution in [0.15, 0.2) is 47.6 Å². The molecule has 0 heterocycles. The predicted octanol–water partition coefficient (Wildman–Crippen LogP) is 2.66. The lowest BCUT2D eigenvalue weighted by molar-refractivity contribution is -0.119. The molecule has 7 nitrogen and oxygen atoms in total. The number of hydrogen-bond acceptors (Lipinski definition) is 6. The van der Waals surface area contributed by atoms with Crippen LogP contribution in [0.1, 0.15) is 12.5 Å². The van der Waals surface area contributed by atoms with Crippen molar-refractivity contribution in [3.63, 3.8) is 0 Å². The van der Waals surface area contributed by atoms with Gasteiger partial charge >= 0.3 is 0 Å². The molecule has 0 aromatic heterocycles. The number of carbonyl (C=O) groups excluding carboxylic acids is 1. The van der Waals surface area contributed by atoms with Gasteiger partial charge in [-0.2, -0.15) is 5.10 Å². The second-order valence-electron chi connectivity index (χ2n) is 5.37. The Morgan fingerprint density at radius 3 is 2.15 bits per heavy atom. The molecule has 0 aliphatic carbocycles. The van der Waals surface area contributed by atoms with E-state index in [-0.39, 0.29) is 12.5 Å². The molecule has 26 heavy (non-hydrogen) atoms. The summed E-state index contributed by atoms with van der Waals surface area (Å²) in [7, 11) is 4.64. The van der Waals surface area contributed by atoms with Crippen molar-refractivity contribution in [2.75, 3.05) is 33.2 Å². The second kappa shape index (κ2) is 9.31. The van der Waals surface area contributed by atoms with Crippen molar-refractivity contribution in [1.82, 2.24) is 5.43 Å². The largest absolute Gasteiger partial charge is 0.493 e. The third-order valence-electron chi connectivity index (χ3n) is 3.66. The van der Waals surface area contributed by atoms with Gasteiger partial charge in [-0.05, 0) is 31.2 Å². The van der Waals surface area contributed by atoms with Crippen molar-refractivity contribution in [3.05, 3.63) is 48.0 Å². The number of anilines is 1. The van der Waals surface area contributed by atoms with Gasteiger partial charge in [0.15, 0.2) is 11.5 Å². The van der Waals surface area contributed by atoms with Crippen molar-refractivity contribution < 1.29 is 19.0 Å². The van der Waals surface area contributed by atoms with Gasteiger partial charge < -0.3 is 19.5 Å². The quantitative estimate of drug-likeness (QED) is 0.561. The minimum absolute atomic E-state index is 0.121. The summed E-state index contributed by atoms with van der Waals surface area (Å²) in [5.74, 6) is 1.30. The number of rotatable bonds is 8. The monoisotopic (exact) mass is 357 g/mol. The van der Waals surface area contributed by atoms with Crippen LogP contribution in [0.2, 0.25) is 0 Å². The second-order valence-corrected chi connectivity index (χ2v) is 5.37. The third-order valence-corrected chi connectivity index (χ3v) is 3.66. The van der Waals surface area contributed by atoms with Crippen molar-refractivity contribution >= 4 is 17.3 Å². The molecule has 2 aromatic carbocycles. The average molecular weight is 357 g/mol. The van der Waals surface area contributed by atoms with Gasteiger partial charge in [0.05, 0.1) is 33.6 Å². The van der Waals surface area contributed by atoms with Crippen molar-refractivity contribution in [2.45, 2.75) is 6.92 Å². The zero-order valence-corrected chi connectivity index (χ0v) is 15.3. The summed E-state index contributed by atoms with van der Waals surface area (Å²) in [6, 6.07) is 13.0. The Hall–Kier alpha value is -3.22. The smallest absolute Gasteiger partial charge is 0.259 e. The number of benzene rings is 2. The average Bonchev–Trinajstić information content (AvgIpc) is 2.69. The molecular formula is C19H23N3O4. The summed E-state index contributed by atoms with van der Waals surface area (Å²) in [4.78, 5) is 11.9. The van der Waals surface area contributed by atoms with Gasteiger partial charge in [0.25, 0.3) is 5.91 Å². The van der Waals surface area contributed by atoms with Crippen LogP contribution < -0.4 is 25.0 Å². The number of methoxy groups -OCH3 is 3. The molecule has 1 amide bonds. The summed E-state index contributed by atoms with van der Waals surface area (Å²) in [6.45, 7) is 1.90. The van der Waals surface area contributed by atoms with Crippen LogP contribution in [-0.2, 0) is 4.79 Å². The molecule has 2 N–H and O–H groups in total. The first-order valence-electron chi connectivity index (χ1n) is 8.01. The molecule has 0 aliphatic heterocycles. The fourth-order valence-corrected chi connectivity index (χ4v) is 2.28. The van der Waals surface area contributed by atoms with Gasteiger partial charge in [-0.1, -0.05) is 18.2 Å². The van der Waals surface area contributed by atoms with E-state index in [0.29, 0.717) is 23.0 Å². The number of carbonyl (C=O) groups is 1. The van der Waals surface area contributed by atoms with E-state index in [1.165, 1.54) is 0 Å². The Morgan fingerprint density at radius 1 is 1.00 bits per heavy atom. The van der Waals surface area contributed by atoms with E-state index in [4.69, 9.17) is 14.2 Å². The zero-order chi connectivity index (χ0) is 18.9. The van der Waals surface area contributed by atoms with Crippen molar-refractivity contribution in [3.8, 4) is 17.2 Å². The van der Waals surface area contributed by atoms with E-state index in [1.807, 2.05) is 30.3 Å². The molecule has 0 unspecified atom stereocenters. The third kappa shape index (κ3) is 4.89. The highest BCUT2D eigenvalue weighted by molar-refractivity contribution is 6.00. The Morgan fingerprint density at radius 2 is 1.62 bits per heavy atom. The molecule has 0 atom stereocenters. The number of para-hydroxylation sites is 1. The van der Waals surface area contributed by atoms with E-state index >= 15 is 0 Å². The first-order chi connectivity index (χ1) is 12.6. The Balaban J connectivity index is 2.05. The highest BCUT2D eigenvalue weighted by Gasteiger charge is 2.14. The molecule has 7 heteroatoms. The number of ether oxygens (including phenoxy) is 3. The fraction of sp³-hybridized carbons (Fsp3) is 0.263. The van der Waals surface area contributed by atoms with Gasteiger partial charge in [-0.25, -0.2) is 5.43 Å². The van der Waals surface area contributed by atoms with Crippen LogP contribution >= 0.6 is 0 Å². The van der Waals surface area contributed by atoms with Crippen LogP contribution in [0.3, 0.4) is 0 Å². The first-order valence-corrected chi connectivity index (χ1v) is 8.01. The normalized spacial score (nSPS) is 10.8. The highest BCUT2D eigenvalue weighted by Crippen LogP contribution is 2.38. The molecule has 0 saturated carbocycles. The number of hydrazone groups is 1. The van der Waals surface area contributed by atoms with Gasteiger partial charge in [0.1, 0.15) is 0 Å². The lowest BCUT2D eigenvalue weighted by Crippen LogP contribution is -2.26. The fourth-order valence-electron chi connectivity index (χ4n) is 2.28. The van der Waals surface area contributed by atoms with Gasteiger partial charge in [-0.3, -0.25) is 4.79 Å². The number of nitrogens with zero attached hydrogens (tertiary/aromatic N) is 1. The first kappa shape index (κ1) is 19.1. The molecule has 2 aromatic rings. The molecule has 0 fully saturated rings. The molecule has 0 aliphatic rings. The molecular weight excluding hydrogens is 334 g/mol. The molecule has 0 radical (unpaired) electrons. The van der Waals surface area contributed by atoms with Crippen LogP contribution in [0.5, 0.6) is 17.2 Å². The minimum atomic E-state index is -0.249. The lowest BCUT2D eigenvalue weighted by Gasteiger charge is -2.14. The highest BCUT2D eigenvalue weighted by atomic mass is 16.5. The topological polar surface area (TPSA) is 81.2 Å². The van der Waals surface area contributed by atoms with Crippen LogP contribution in [0, 0.1) is 0 Å². The summed E-state index contributed by atoms with van der Waals surface area (Å²) in [5, 5.41) is 7.16. The maximum absolute atomic E-state index is 11.9. The molecule has 0 saturated heterocycles. The van der Waals surface area contributed by atoms with E-state index in [0.717, 1.165) is 11.3 Å². The van der Waals surface area contributed by atoms with E-state index in [1.54, 1.807) is 40.4 Å². The number of nitrogens with one attached hydrogen (secondary N) is 2. The number of hydrogen-bond donors (Lipinski definition) is 2. The summed E-state index contributed by atoms with van der Waals surface area (Å²) in [6.07, 6.45) is 0. The standard InChI is InChI=1S/C19H23N3O4/c1-13(14-10-16(24-2)19(26-4)17(11-14)25-3)21-22-18(23)12-20-15-8-6-5-7-9-15/h5-11,20H,12H2,1-4H3,(H,22,23). The maximum atomic E-state index is 11.9. The Kier molecular flexibility index (Phi) is 6.84. The van der Waals surface area contributed by atoms with E-state index in [2.05, 4.69) is 15.8 Å². The summed E-state index contributed by atoms with van der Waals surface area (Å²) in [5.41, 5.74) is 4.75. The molecule has 0 spiro atoms. The lowest BCUT2D eigenvalue weighted by atomic mass is 10.1. The van der Waals surface area contributed by atoms with E-state index in [9.17, 15) is 4.79 Å². The summed E-state index contributed by atoms with van der Waals surface area (Å²) >= 11 is 0. The Bertz CT molecular complexity index is 751. The van der Waals surface area contributed by atoms with E-state index < -0.39 is 0 Å². The van der Waals surface area contributed by atoms with Crippen LogP contribution in [0.4, 0.5) is 5.69 Å². The molecule has 138 valence electrons. The van der Waals surface area contributed by atoms with Gasteiger partial charge in [0.2, 0.25) is 5.75 Å². The Labute approximate surface area is 153 Å². The minimum Gasteiger partial charge on any atom is -0.493 e. The molecule has 2 rings (SSSR count). The maximum Gasteiger partial charge on any atom is 0.259 e. The molecule has 0 bridgehead atoms. The zero-order valence-electron chi connectivity index (χ0n) is 15.3.